The largest absolute Gasteiger partial charge is 0.493 e. The van der Waals surface area contributed by atoms with Gasteiger partial charge < -0.3 is 24.6 Å². The number of carbonyl (C=O) groups is 2. The molecule has 1 atom stereocenters. The summed E-state index contributed by atoms with van der Waals surface area (Å²) in [6.07, 6.45) is 0.993. The number of rotatable bonds is 9. The van der Waals surface area contributed by atoms with Crippen molar-refractivity contribution in [1.29, 1.82) is 0 Å². The molecule has 0 aliphatic carbocycles. The average Bonchev–Trinajstić information content (AvgIpc) is 3.00. The minimum absolute atomic E-state index is 0.0498. The van der Waals surface area contributed by atoms with Crippen molar-refractivity contribution in [2.24, 2.45) is 5.92 Å². The first-order valence-electron chi connectivity index (χ1n) is 8.85. The maximum absolute atomic E-state index is 12.3. The first-order valence-corrected chi connectivity index (χ1v) is 8.85. The highest BCUT2D eigenvalue weighted by Crippen LogP contribution is 2.27. The number of hydrogen-bond donors (Lipinski definition) is 1. The SMILES string of the molecule is COc1ccc(CCNC(=O)C2CC(=O)N(CCN(C)C)C2)cc1OC. The predicted octanol–water partition coefficient (Wildman–Crippen LogP) is 0.773. The van der Waals surface area contributed by atoms with Gasteiger partial charge in [-0.2, -0.15) is 0 Å². The molecule has 1 N–H and O–H groups in total. The van der Waals surface area contributed by atoms with Gasteiger partial charge in [0.05, 0.1) is 20.1 Å². The fourth-order valence-electron chi connectivity index (χ4n) is 3.00. The number of methoxy groups -OCH3 is 2. The zero-order valence-electron chi connectivity index (χ0n) is 16.1. The van der Waals surface area contributed by atoms with Crippen molar-refractivity contribution in [2.75, 3.05) is 54.5 Å². The van der Waals surface area contributed by atoms with E-state index in [1.165, 1.54) is 0 Å². The van der Waals surface area contributed by atoms with Crippen LogP contribution in [0, 0.1) is 5.92 Å². The highest BCUT2D eigenvalue weighted by Gasteiger charge is 2.33. The van der Waals surface area contributed by atoms with Gasteiger partial charge in [0.25, 0.3) is 0 Å². The van der Waals surface area contributed by atoms with E-state index in [0.29, 0.717) is 44.0 Å². The van der Waals surface area contributed by atoms with Crippen molar-refractivity contribution in [1.82, 2.24) is 15.1 Å². The molecule has 0 aromatic heterocycles. The molecule has 1 saturated heterocycles. The Morgan fingerprint density at radius 1 is 1.27 bits per heavy atom. The molecule has 1 aliphatic rings. The van der Waals surface area contributed by atoms with Crippen molar-refractivity contribution in [3.63, 3.8) is 0 Å². The molecule has 2 amide bonds. The van der Waals surface area contributed by atoms with E-state index in [-0.39, 0.29) is 17.7 Å². The number of ether oxygens (including phenoxy) is 2. The molecule has 1 aromatic rings. The standard InChI is InChI=1S/C19H29N3O4/c1-21(2)9-10-22-13-15(12-18(22)23)19(24)20-8-7-14-5-6-16(25-3)17(11-14)26-4/h5-6,11,15H,7-10,12-13H2,1-4H3,(H,20,24). The zero-order chi connectivity index (χ0) is 19.1. The minimum atomic E-state index is -0.255. The molecule has 1 aromatic carbocycles. The second-order valence-corrected chi connectivity index (χ2v) is 6.77. The quantitative estimate of drug-likeness (QED) is 0.702. The summed E-state index contributed by atoms with van der Waals surface area (Å²) in [5, 5.41) is 2.94. The Morgan fingerprint density at radius 3 is 2.65 bits per heavy atom. The van der Waals surface area contributed by atoms with Gasteiger partial charge in [0.1, 0.15) is 0 Å². The summed E-state index contributed by atoms with van der Waals surface area (Å²) in [6.45, 7) is 2.51. The zero-order valence-corrected chi connectivity index (χ0v) is 16.1. The third kappa shape index (κ3) is 5.36. The lowest BCUT2D eigenvalue weighted by molar-refractivity contribution is -0.129. The van der Waals surface area contributed by atoms with Crippen LogP contribution in [0.4, 0.5) is 0 Å². The normalized spacial score (nSPS) is 16.9. The summed E-state index contributed by atoms with van der Waals surface area (Å²) in [4.78, 5) is 28.2. The van der Waals surface area contributed by atoms with E-state index in [0.717, 1.165) is 12.1 Å². The van der Waals surface area contributed by atoms with Crippen LogP contribution >= 0.6 is 0 Å². The van der Waals surface area contributed by atoms with Crippen molar-refractivity contribution in [3.05, 3.63) is 23.8 Å². The van der Waals surface area contributed by atoms with Crippen LogP contribution < -0.4 is 14.8 Å². The molecule has 1 fully saturated rings. The molecule has 1 aliphatic heterocycles. The monoisotopic (exact) mass is 363 g/mol. The van der Waals surface area contributed by atoms with E-state index in [2.05, 4.69) is 5.32 Å². The molecule has 0 radical (unpaired) electrons. The van der Waals surface area contributed by atoms with Crippen LogP contribution in [0.3, 0.4) is 0 Å². The maximum atomic E-state index is 12.3. The molecule has 2 rings (SSSR count). The Balaban J connectivity index is 1.79. The molecule has 0 spiro atoms. The third-order valence-electron chi connectivity index (χ3n) is 4.56. The van der Waals surface area contributed by atoms with Crippen LogP contribution in [0.15, 0.2) is 18.2 Å². The molecule has 0 bridgehead atoms. The number of likely N-dealkylation sites (tertiary alicyclic amines) is 1. The van der Waals surface area contributed by atoms with E-state index in [1.54, 1.807) is 19.1 Å². The van der Waals surface area contributed by atoms with Crippen molar-refractivity contribution in [2.45, 2.75) is 12.8 Å². The third-order valence-corrected chi connectivity index (χ3v) is 4.56. The van der Waals surface area contributed by atoms with Gasteiger partial charge in [-0.25, -0.2) is 0 Å². The number of hydrogen-bond acceptors (Lipinski definition) is 5. The molecule has 0 saturated carbocycles. The van der Waals surface area contributed by atoms with Gasteiger partial charge in [0.15, 0.2) is 11.5 Å². The molecule has 7 nitrogen and oxygen atoms in total. The molecule has 144 valence electrons. The lowest BCUT2D eigenvalue weighted by Gasteiger charge is -2.19. The fourth-order valence-corrected chi connectivity index (χ4v) is 3.00. The smallest absolute Gasteiger partial charge is 0.225 e. The Bertz CT molecular complexity index is 633. The summed E-state index contributed by atoms with van der Waals surface area (Å²) < 4.78 is 10.5. The van der Waals surface area contributed by atoms with Gasteiger partial charge in [0.2, 0.25) is 11.8 Å². The minimum Gasteiger partial charge on any atom is -0.493 e. The topological polar surface area (TPSA) is 71.1 Å². The van der Waals surface area contributed by atoms with Crippen LogP contribution in [0.2, 0.25) is 0 Å². The highest BCUT2D eigenvalue weighted by atomic mass is 16.5. The van der Waals surface area contributed by atoms with E-state index in [4.69, 9.17) is 9.47 Å². The summed E-state index contributed by atoms with van der Waals surface area (Å²) in [6, 6.07) is 5.72. The predicted molar refractivity (Wildman–Crippen MR) is 99.5 cm³/mol. The summed E-state index contributed by atoms with van der Waals surface area (Å²) in [5.74, 6) is 1.12. The number of likely N-dealkylation sites (N-methyl/N-ethyl adjacent to an activating group) is 1. The van der Waals surface area contributed by atoms with Gasteiger partial charge >= 0.3 is 0 Å². The first-order chi connectivity index (χ1) is 12.4. The van der Waals surface area contributed by atoms with Crippen molar-refractivity contribution >= 4 is 11.8 Å². The molecule has 1 heterocycles. The van der Waals surface area contributed by atoms with E-state index in [1.807, 2.05) is 37.2 Å². The maximum Gasteiger partial charge on any atom is 0.225 e. The molecule has 1 unspecified atom stereocenters. The van der Waals surface area contributed by atoms with Crippen LogP contribution in [0.25, 0.3) is 0 Å². The van der Waals surface area contributed by atoms with Gasteiger partial charge in [-0.1, -0.05) is 6.07 Å². The van der Waals surface area contributed by atoms with E-state index in [9.17, 15) is 9.59 Å². The van der Waals surface area contributed by atoms with Crippen molar-refractivity contribution < 1.29 is 19.1 Å². The van der Waals surface area contributed by atoms with Crippen LogP contribution in [0.1, 0.15) is 12.0 Å². The highest BCUT2D eigenvalue weighted by molar-refractivity contribution is 5.89. The second-order valence-electron chi connectivity index (χ2n) is 6.77. The van der Waals surface area contributed by atoms with Gasteiger partial charge in [0, 0.05) is 32.6 Å². The average molecular weight is 363 g/mol. The summed E-state index contributed by atoms with van der Waals surface area (Å²) in [5.41, 5.74) is 1.05. The Kier molecular flexibility index (Phi) is 7.26. The van der Waals surface area contributed by atoms with Crippen molar-refractivity contribution in [3.8, 4) is 11.5 Å². The number of amides is 2. The Labute approximate surface area is 155 Å². The number of carbonyl (C=O) groups excluding carboxylic acids is 2. The lowest BCUT2D eigenvalue weighted by atomic mass is 10.1. The number of nitrogens with zero attached hydrogens (tertiary/aromatic N) is 2. The van der Waals surface area contributed by atoms with E-state index >= 15 is 0 Å². The Hall–Kier alpha value is -2.28. The van der Waals surface area contributed by atoms with E-state index < -0.39 is 0 Å². The van der Waals surface area contributed by atoms with Gasteiger partial charge in [-0.05, 0) is 38.2 Å². The Morgan fingerprint density at radius 2 is 2.00 bits per heavy atom. The second kappa shape index (κ2) is 9.43. The van der Waals surface area contributed by atoms with Gasteiger partial charge in [-0.3, -0.25) is 9.59 Å². The number of nitrogens with one attached hydrogen (secondary N) is 1. The van der Waals surface area contributed by atoms with Gasteiger partial charge in [-0.15, -0.1) is 0 Å². The first kappa shape index (κ1) is 20.0. The number of benzene rings is 1. The lowest BCUT2D eigenvalue weighted by Crippen LogP contribution is -2.36. The van der Waals surface area contributed by atoms with Crippen LogP contribution in [-0.4, -0.2) is 76.1 Å². The molecular formula is C19H29N3O4. The summed E-state index contributed by atoms with van der Waals surface area (Å²) >= 11 is 0. The van der Waals surface area contributed by atoms with Crippen LogP contribution in [-0.2, 0) is 16.0 Å². The summed E-state index contributed by atoms with van der Waals surface area (Å²) in [7, 11) is 7.14. The molecule has 7 heteroatoms. The fraction of sp³-hybridized carbons (Fsp3) is 0.579. The molecular weight excluding hydrogens is 334 g/mol. The molecule has 26 heavy (non-hydrogen) atoms. The van der Waals surface area contributed by atoms with Crippen LogP contribution in [0.5, 0.6) is 11.5 Å².